The fourth-order valence-electron chi connectivity index (χ4n) is 3.02. The van der Waals surface area contributed by atoms with Gasteiger partial charge in [0.1, 0.15) is 0 Å². The summed E-state index contributed by atoms with van der Waals surface area (Å²) in [5, 5.41) is 7.66. The Bertz CT molecular complexity index is 1090. The Morgan fingerprint density at radius 2 is 1.14 bits per heavy atom. The molecule has 7 heteroatoms. The Kier molecular flexibility index (Phi) is 5.67. The zero-order chi connectivity index (χ0) is 20.1. The summed E-state index contributed by atoms with van der Waals surface area (Å²) in [6.07, 6.45) is 3.39. The molecule has 0 bridgehead atoms. The summed E-state index contributed by atoms with van der Waals surface area (Å²) in [6, 6.07) is 18.9. The molecule has 29 heavy (non-hydrogen) atoms. The highest BCUT2D eigenvalue weighted by Crippen LogP contribution is 2.22. The minimum atomic E-state index is -0.173. The molecule has 0 aliphatic heterocycles. The van der Waals surface area contributed by atoms with Crippen LogP contribution in [0.4, 0.5) is 11.4 Å². The van der Waals surface area contributed by atoms with Crippen LogP contribution in [0.1, 0.15) is 0 Å². The van der Waals surface area contributed by atoms with E-state index < -0.39 is 0 Å². The number of rotatable bonds is 6. The van der Waals surface area contributed by atoms with Gasteiger partial charge in [0.05, 0.1) is 33.9 Å². The molecule has 0 aliphatic rings. The standard InChI is InChI=1S/C22H18N4O2S/c27-19(25-17-9-1-5-15-7-3-11-23-21(15)17)13-29-14-20(28)26-18-10-2-6-16-8-4-12-24-22(16)18/h1-12H,13-14H2,(H,25,27)(H,26,28). The normalized spacial score (nSPS) is 10.8. The molecule has 4 rings (SSSR count). The summed E-state index contributed by atoms with van der Waals surface area (Å²) in [7, 11) is 0. The number of amides is 2. The third-order valence-corrected chi connectivity index (χ3v) is 5.21. The minimum absolute atomic E-state index is 0.171. The Morgan fingerprint density at radius 1 is 0.690 bits per heavy atom. The van der Waals surface area contributed by atoms with Crippen LogP contribution in [0.3, 0.4) is 0 Å². The van der Waals surface area contributed by atoms with E-state index in [0.717, 1.165) is 21.8 Å². The SMILES string of the molecule is O=C(CSCC(=O)Nc1cccc2cccnc12)Nc1cccc2cccnc12. The Hall–Kier alpha value is -3.45. The molecule has 6 nitrogen and oxygen atoms in total. The Labute approximate surface area is 171 Å². The lowest BCUT2D eigenvalue weighted by Crippen LogP contribution is -2.18. The number of benzene rings is 2. The number of para-hydroxylation sites is 2. The van der Waals surface area contributed by atoms with Crippen LogP contribution < -0.4 is 10.6 Å². The fourth-order valence-corrected chi connectivity index (χ4v) is 3.64. The van der Waals surface area contributed by atoms with Crippen LogP contribution in [0.15, 0.2) is 73.1 Å². The summed E-state index contributed by atoms with van der Waals surface area (Å²) >= 11 is 1.25. The quantitative estimate of drug-likeness (QED) is 0.507. The molecule has 144 valence electrons. The molecule has 2 N–H and O–H groups in total. The van der Waals surface area contributed by atoms with Crippen LogP contribution in [-0.4, -0.2) is 33.3 Å². The third-order valence-electron chi connectivity index (χ3n) is 4.28. The summed E-state index contributed by atoms with van der Waals surface area (Å²) < 4.78 is 0. The average Bonchev–Trinajstić information content (AvgIpc) is 2.74. The number of carbonyl (C=O) groups is 2. The second-order valence-corrected chi connectivity index (χ2v) is 7.34. The number of fused-ring (bicyclic) bond motifs is 2. The first-order valence-corrected chi connectivity index (χ1v) is 10.2. The molecule has 0 spiro atoms. The number of hydrogen-bond donors (Lipinski definition) is 2. The minimum Gasteiger partial charge on any atom is -0.323 e. The van der Waals surface area contributed by atoms with Crippen molar-refractivity contribution in [3.05, 3.63) is 73.1 Å². The molecule has 0 unspecified atom stereocenters. The second kappa shape index (κ2) is 8.70. The lowest BCUT2D eigenvalue weighted by Gasteiger charge is -2.09. The topological polar surface area (TPSA) is 84.0 Å². The predicted octanol–water partition coefficient (Wildman–Crippen LogP) is 4.09. The molecule has 0 aliphatic carbocycles. The van der Waals surface area contributed by atoms with Crippen LogP contribution in [0.2, 0.25) is 0 Å². The van der Waals surface area contributed by atoms with Gasteiger partial charge >= 0.3 is 0 Å². The highest BCUT2D eigenvalue weighted by atomic mass is 32.2. The molecule has 2 amide bonds. The summed E-state index contributed by atoms with van der Waals surface area (Å²) in [4.78, 5) is 33.2. The number of pyridine rings is 2. The van der Waals surface area contributed by atoms with Crippen LogP contribution in [-0.2, 0) is 9.59 Å². The number of aromatic nitrogens is 2. The number of carbonyl (C=O) groups excluding carboxylic acids is 2. The first-order valence-electron chi connectivity index (χ1n) is 9.06. The maximum Gasteiger partial charge on any atom is 0.234 e. The third kappa shape index (κ3) is 4.52. The average molecular weight is 402 g/mol. The Balaban J connectivity index is 1.31. The van der Waals surface area contributed by atoms with Gasteiger partial charge in [0.15, 0.2) is 0 Å². The summed E-state index contributed by atoms with van der Waals surface area (Å²) in [6.45, 7) is 0. The smallest absolute Gasteiger partial charge is 0.234 e. The highest BCUT2D eigenvalue weighted by Gasteiger charge is 2.10. The monoisotopic (exact) mass is 402 g/mol. The summed E-state index contributed by atoms with van der Waals surface area (Å²) in [5.74, 6) is -0.00458. The number of hydrogen-bond acceptors (Lipinski definition) is 5. The number of nitrogens with zero attached hydrogens (tertiary/aromatic N) is 2. The van der Waals surface area contributed by atoms with E-state index in [1.807, 2.05) is 60.7 Å². The largest absolute Gasteiger partial charge is 0.323 e. The van der Waals surface area contributed by atoms with E-state index in [0.29, 0.717) is 11.4 Å². The maximum absolute atomic E-state index is 12.3. The molecule has 2 heterocycles. The van der Waals surface area contributed by atoms with Gasteiger partial charge in [0, 0.05) is 23.2 Å². The van der Waals surface area contributed by atoms with Crippen molar-refractivity contribution in [1.82, 2.24) is 9.97 Å². The van der Waals surface area contributed by atoms with Crippen LogP contribution in [0, 0.1) is 0 Å². The maximum atomic E-state index is 12.3. The van der Waals surface area contributed by atoms with Gasteiger partial charge in [0.2, 0.25) is 11.8 Å². The molecule has 0 saturated heterocycles. The summed E-state index contributed by atoms with van der Waals surface area (Å²) in [5.41, 5.74) is 2.82. The van der Waals surface area contributed by atoms with E-state index in [-0.39, 0.29) is 23.3 Å². The fraction of sp³-hybridized carbons (Fsp3) is 0.0909. The van der Waals surface area contributed by atoms with Crippen molar-refractivity contribution >= 4 is 56.8 Å². The van der Waals surface area contributed by atoms with Crippen molar-refractivity contribution < 1.29 is 9.59 Å². The van der Waals surface area contributed by atoms with Gasteiger partial charge in [0.25, 0.3) is 0 Å². The van der Waals surface area contributed by atoms with E-state index >= 15 is 0 Å². The van der Waals surface area contributed by atoms with Crippen molar-refractivity contribution in [3.63, 3.8) is 0 Å². The van der Waals surface area contributed by atoms with Gasteiger partial charge in [-0.05, 0) is 24.3 Å². The zero-order valence-corrected chi connectivity index (χ0v) is 16.3. The molecule has 0 atom stereocenters. The van der Waals surface area contributed by atoms with Gasteiger partial charge in [-0.1, -0.05) is 36.4 Å². The van der Waals surface area contributed by atoms with Gasteiger partial charge < -0.3 is 10.6 Å². The van der Waals surface area contributed by atoms with Crippen LogP contribution in [0.25, 0.3) is 21.8 Å². The van der Waals surface area contributed by atoms with Gasteiger partial charge in [-0.15, -0.1) is 11.8 Å². The number of nitrogens with one attached hydrogen (secondary N) is 2. The highest BCUT2D eigenvalue weighted by molar-refractivity contribution is 8.00. The second-order valence-electron chi connectivity index (χ2n) is 6.35. The molecule has 0 radical (unpaired) electrons. The number of anilines is 2. The van der Waals surface area contributed by atoms with E-state index in [1.165, 1.54) is 11.8 Å². The predicted molar refractivity (Wildman–Crippen MR) is 118 cm³/mol. The van der Waals surface area contributed by atoms with Gasteiger partial charge in [-0.2, -0.15) is 0 Å². The molecule has 2 aromatic carbocycles. The lowest BCUT2D eigenvalue weighted by atomic mass is 10.2. The molecule has 2 aromatic heterocycles. The molecule has 4 aromatic rings. The van der Waals surface area contributed by atoms with Crippen molar-refractivity contribution in [3.8, 4) is 0 Å². The Morgan fingerprint density at radius 3 is 1.62 bits per heavy atom. The van der Waals surface area contributed by atoms with Crippen LogP contribution in [0.5, 0.6) is 0 Å². The van der Waals surface area contributed by atoms with E-state index in [4.69, 9.17) is 0 Å². The molecular formula is C22H18N4O2S. The number of thioether (sulfide) groups is 1. The van der Waals surface area contributed by atoms with E-state index in [9.17, 15) is 9.59 Å². The zero-order valence-electron chi connectivity index (χ0n) is 15.5. The first kappa shape index (κ1) is 18.9. The van der Waals surface area contributed by atoms with Crippen molar-refractivity contribution in [2.45, 2.75) is 0 Å². The van der Waals surface area contributed by atoms with Crippen molar-refractivity contribution in [1.29, 1.82) is 0 Å². The van der Waals surface area contributed by atoms with Gasteiger partial charge in [-0.3, -0.25) is 19.6 Å². The molecule has 0 saturated carbocycles. The van der Waals surface area contributed by atoms with Crippen LogP contribution >= 0.6 is 11.8 Å². The van der Waals surface area contributed by atoms with Gasteiger partial charge in [-0.25, -0.2) is 0 Å². The van der Waals surface area contributed by atoms with E-state index in [1.54, 1.807) is 12.4 Å². The molecular weight excluding hydrogens is 384 g/mol. The van der Waals surface area contributed by atoms with Crippen molar-refractivity contribution in [2.24, 2.45) is 0 Å². The lowest BCUT2D eigenvalue weighted by molar-refractivity contribution is -0.114. The van der Waals surface area contributed by atoms with Crippen molar-refractivity contribution in [2.75, 3.05) is 22.1 Å². The first-order chi connectivity index (χ1) is 14.2. The molecule has 0 fully saturated rings. The van der Waals surface area contributed by atoms with E-state index in [2.05, 4.69) is 20.6 Å².